The van der Waals surface area contributed by atoms with Crippen molar-refractivity contribution in [3.05, 3.63) is 33.1 Å². The number of aromatic nitrogens is 3. The van der Waals surface area contributed by atoms with E-state index in [0.29, 0.717) is 38.1 Å². The average Bonchev–Trinajstić information content (AvgIpc) is 3.32. The molecule has 8 nitrogen and oxygen atoms in total. The number of fused-ring (bicyclic) bond motifs is 2. The van der Waals surface area contributed by atoms with Gasteiger partial charge in [-0.2, -0.15) is 0 Å². The first-order valence-electron chi connectivity index (χ1n) is 8.73. The number of hydrogen-bond donors (Lipinski definition) is 1. The van der Waals surface area contributed by atoms with Gasteiger partial charge in [-0.1, -0.05) is 16.5 Å². The molecule has 1 aliphatic carbocycles. The second-order valence-corrected chi connectivity index (χ2v) is 7.32. The van der Waals surface area contributed by atoms with E-state index in [9.17, 15) is 9.59 Å². The fourth-order valence-corrected chi connectivity index (χ4v) is 4.22. The monoisotopic (exact) mass is 386 g/mol. The number of pyridine rings is 1. The number of amides is 1. The van der Waals surface area contributed by atoms with Crippen LogP contribution >= 0.6 is 11.3 Å². The number of hydrogen-bond acceptors (Lipinski definition) is 8. The zero-order valence-electron chi connectivity index (χ0n) is 15.2. The standard InChI is InChI=1S/C18H18N4O4S/c1-4-25-17(24)14-9(3)19-18(27-14)21-15(23)13-10-6-5-7-11(10)20-16-12(13)8(2)22-26-16/h4-7H2,1-3H3,(H,19,21,23). The van der Waals surface area contributed by atoms with Gasteiger partial charge in [0.1, 0.15) is 4.88 Å². The van der Waals surface area contributed by atoms with Gasteiger partial charge < -0.3 is 9.26 Å². The zero-order chi connectivity index (χ0) is 19.1. The molecule has 27 heavy (non-hydrogen) atoms. The quantitative estimate of drug-likeness (QED) is 0.686. The van der Waals surface area contributed by atoms with Gasteiger partial charge in [0.25, 0.3) is 11.6 Å². The minimum Gasteiger partial charge on any atom is -0.462 e. The summed E-state index contributed by atoms with van der Waals surface area (Å²) in [5.41, 5.74) is 3.88. The first-order valence-corrected chi connectivity index (χ1v) is 9.54. The lowest BCUT2D eigenvalue weighted by molar-refractivity contribution is 0.0531. The van der Waals surface area contributed by atoms with Gasteiger partial charge in [-0.3, -0.25) is 10.1 Å². The number of thiazole rings is 1. The molecule has 1 N–H and O–H groups in total. The second kappa shape index (κ2) is 6.73. The van der Waals surface area contributed by atoms with E-state index in [1.165, 1.54) is 0 Å². The number of carbonyl (C=O) groups excluding carboxylic acids is 2. The van der Waals surface area contributed by atoms with Crippen molar-refractivity contribution in [3.63, 3.8) is 0 Å². The predicted octanol–water partition coefficient (Wildman–Crippen LogP) is 3.21. The summed E-state index contributed by atoms with van der Waals surface area (Å²) in [6, 6.07) is 0. The highest BCUT2D eigenvalue weighted by molar-refractivity contribution is 7.17. The molecule has 0 fully saturated rings. The number of nitrogens with one attached hydrogen (secondary N) is 1. The van der Waals surface area contributed by atoms with Crippen molar-refractivity contribution in [1.29, 1.82) is 0 Å². The van der Waals surface area contributed by atoms with E-state index >= 15 is 0 Å². The molecule has 0 saturated heterocycles. The van der Waals surface area contributed by atoms with Crippen LogP contribution in [0.1, 0.15) is 56.0 Å². The van der Waals surface area contributed by atoms with Crippen LogP contribution in [0, 0.1) is 13.8 Å². The van der Waals surface area contributed by atoms with Crippen LogP contribution in [-0.4, -0.2) is 33.6 Å². The Morgan fingerprint density at radius 2 is 2.04 bits per heavy atom. The lowest BCUT2D eigenvalue weighted by Crippen LogP contribution is -2.15. The van der Waals surface area contributed by atoms with Gasteiger partial charge in [-0.05, 0) is 45.6 Å². The number of carbonyl (C=O) groups is 2. The number of anilines is 1. The number of nitrogens with zero attached hydrogens (tertiary/aromatic N) is 3. The van der Waals surface area contributed by atoms with Gasteiger partial charge in [0, 0.05) is 5.69 Å². The molecule has 0 spiro atoms. The summed E-state index contributed by atoms with van der Waals surface area (Å²) < 4.78 is 10.3. The molecule has 1 amide bonds. The second-order valence-electron chi connectivity index (χ2n) is 6.32. The van der Waals surface area contributed by atoms with Crippen molar-refractivity contribution in [2.75, 3.05) is 11.9 Å². The van der Waals surface area contributed by atoms with Crippen LogP contribution in [0.2, 0.25) is 0 Å². The van der Waals surface area contributed by atoms with Crippen molar-refractivity contribution in [1.82, 2.24) is 15.1 Å². The summed E-state index contributed by atoms with van der Waals surface area (Å²) in [5.74, 6) is -0.730. The lowest BCUT2D eigenvalue weighted by atomic mass is 10.0. The summed E-state index contributed by atoms with van der Waals surface area (Å²) in [6.45, 7) is 5.53. The summed E-state index contributed by atoms with van der Waals surface area (Å²) >= 11 is 1.10. The highest BCUT2D eigenvalue weighted by Crippen LogP contribution is 2.33. The summed E-state index contributed by atoms with van der Waals surface area (Å²) in [4.78, 5) is 34.3. The molecule has 0 saturated carbocycles. The molecule has 9 heteroatoms. The topological polar surface area (TPSA) is 107 Å². The van der Waals surface area contributed by atoms with Crippen LogP contribution in [0.3, 0.4) is 0 Å². The average molecular weight is 386 g/mol. The van der Waals surface area contributed by atoms with Crippen molar-refractivity contribution in [2.45, 2.75) is 40.0 Å². The molecule has 3 aromatic rings. The fraction of sp³-hybridized carbons (Fsp3) is 0.389. The Labute approximate surface area is 158 Å². The third-order valence-corrected chi connectivity index (χ3v) is 5.58. The third kappa shape index (κ3) is 2.97. The molecule has 140 valence electrons. The summed E-state index contributed by atoms with van der Waals surface area (Å²) in [5, 5.41) is 7.76. The number of rotatable bonds is 4. The van der Waals surface area contributed by atoms with E-state index in [0.717, 1.165) is 41.9 Å². The van der Waals surface area contributed by atoms with E-state index in [1.54, 1.807) is 20.8 Å². The van der Waals surface area contributed by atoms with Gasteiger partial charge in [-0.25, -0.2) is 14.8 Å². The van der Waals surface area contributed by atoms with E-state index in [4.69, 9.17) is 9.26 Å². The van der Waals surface area contributed by atoms with Gasteiger partial charge >= 0.3 is 5.97 Å². The van der Waals surface area contributed by atoms with Crippen LogP contribution in [0.4, 0.5) is 5.13 Å². The molecule has 0 radical (unpaired) electrons. The van der Waals surface area contributed by atoms with Gasteiger partial charge in [-0.15, -0.1) is 0 Å². The molecule has 0 aliphatic heterocycles. The molecule has 1 aliphatic rings. The Kier molecular flexibility index (Phi) is 4.39. The normalized spacial score (nSPS) is 13.0. The molecule has 0 unspecified atom stereocenters. The molecular weight excluding hydrogens is 368 g/mol. The SMILES string of the molecule is CCOC(=O)c1sc(NC(=O)c2c3c(nc4onc(C)c24)CCC3)nc1C. The minimum absolute atomic E-state index is 0.283. The maximum Gasteiger partial charge on any atom is 0.350 e. The molecule has 3 aromatic heterocycles. The number of aryl methyl sites for hydroxylation is 3. The third-order valence-electron chi connectivity index (χ3n) is 4.53. The number of ether oxygens (including phenoxy) is 1. The fourth-order valence-electron chi connectivity index (χ4n) is 3.36. The molecular formula is C18H18N4O4S. The van der Waals surface area contributed by atoms with Crippen LogP contribution in [-0.2, 0) is 17.6 Å². The van der Waals surface area contributed by atoms with Crippen LogP contribution in [0.15, 0.2) is 4.52 Å². The first kappa shape index (κ1) is 17.6. The summed E-state index contributed by atoms with van der Waals surface area (Å²) in [6.07, 6.45) is 2.55. The van der Waals surface area contributed by atoms with Crippen molar-refractivity contribution in [2.24, 2.45) is 0 Å². The van der Waals surface area contributed by atoms with E-state index in [-0.39, 0.29) is 12.5 Å². The van der Waals surface area contributed by atoms with Crippen LogP contribution in [0.25, 0.3) is 11.1 Å². The maximum absolute atomic E-state index is 13.1. The molecule has 3 heterocycles. The molecule has 0 aromatic carbocycles. The maximum atomic E-state index is 13.1. The first-order chi connectivity index (χ1) is 13.0. The zero-order valence-corrected chi connectivity index (χ0v) is 16.0. The number of esters is 1. The van der Waals surface area contributed by atoms with Gasteiger partial charge in [0.2, 0.25) is 0 Å². The Hall–Kier alpha value is -2.81. The van der Waals surface area contributed by atoms with E-state index in [1.807, 2.05) is 0 Å². The Morgan fingerprint density at radius 1 is 1.22 bits per heavy atom. The molecule has 0 atom stereocenters. The van der Waals surface area contributed by atoms with Crippen molar-refractivity contribution < 1.29 is 18.8 Å². The minimum atomic E-state index is -0.435. The molecule has 4 rings (SSSR count). The highest BCUT2D eigenvalue weighted by atomic mass is 32.1. The lowest BCUT2D eigenvalue weighted by Gasteiger charge is -2.09. The summed E-state index contributed by atoms with van der Waals surface area (Å²) in [7, 11) is 0. The van der Waals surface area contributed by atoms with Gasteiger partial charge in [0.15, 0.2) is 5.13 Å². The highest BCUT2D eigenvalue weighted by Gasteiger charge is 2.28. The van der Waals surface area contributed by atoms with Crippen molar-refractivity contribution >= 4 is 39.4 Å². The molecule has 0 bridgehead atoms. The van der Waals surface area contributed by atoms with Crippen molar-refractivity contribution in [3.8, 4) is 0 Å². The largest absolute Gasteiger partial charge is 0.462 e. The smallest absolute Gasteiger partial charge is 0.350 e. The van der Waals surface area contributed by atoms with Gasteiger partial charge in [0.05, 0.1) is 28.9 Å². The van der Waals surface area contributed by atoms with E-state index in [2.05, 4.69) is 20.4 Å². The Morgan fingerprint density at radius 3 is 2.81 bits per heavy atom. The van der Waals surface area contributed by atoms with Crippen LogP contribution in [0.5, 0.6) is 0 Å². The Balaban J connectivity index is 1.72. The predicted molar refractivity (Wildman–Crippen MR) is 99.3 cm³/mol. The Bertz CT molecular complexity index is 1070. The van der Waals surface area contributed by atoms with E-state index < -0.39 is 5.97 Å². The van der Waals surface area contributed by atoms with Crippen LogP contribution < -0.4 is 5.32 Å².